The number of carboxylic acid groups (broad SMARTS) is 1. The van der Waals surface area contributed by atoms with Crippen LogP contribution in [0.25, 0.3) is 11.1 Å². The lowest BCUT2D eigenvalue weighted by molar-refractivity contribution is -0.141. The van der Waals surface area contributed by atoms with Crippen LogP contribution in [0.2, 0.25) is 0 Å². The third-order valence-electron chi connectivity index (χ3n) is 4.50. The van der Waals surface area contributed by atoms with Gasteiger partial charge < -0.3 is 16.2 Å². The topological polar surface area (TPSA) is 92.4 Å². The van der Waals surface area contributed by atoms with E-state index in [0.717, 1.165) is 16.7 Å². The molecular formula is C25H28N2O3. The van der Waals surface area contributed by atoms with Crippen LogP contribution in [0.5, 0.6) is 0 Å². The van der Waals surface area contributed by atoms with Crippen molar-refractivity contribution < 1.29 is 14.7 Å². The van der Waals surface area contributed by atoms with Crippen molar-refractivity contribution in [3.05, 3.63) is 96.1 Å². The van der Waals surface area contributed by atoms with Gasteiger partial charge in [0.05, 0.1) is 0 Å². The van der Waals surface area contributed by atoms with Gasteiger partial charge in [0.25, 0.3) is 0 Å². The SMILES string of the molecule is CC(=O)N[C@H](Cc1ccc(-c2ccccc2)cc1)C(=O)O.C[C@H](N)c1ccccc1. The minimum Gasteiger partial charge on any atom is -0.480 e. The largest absolute Gasteiger partial charge is 0.480 e. The number of nitrogens with one attached hydrogen (secondary N) is 1. The standard InChI is InChI=1S/C17H17NO3.C8H11N/c1-12(19)18-16(17(20)21)11-13-7-9-15(10-8-13)14-5-3-2-4-6-14;1-7(9)8-5-3-2-4-6-8/h2-10,16H,11H2,1H3,(H,18,19)(H,20,21);2-7H,9H2,1H3/t16-;7-/m10/s1. The number of amides is 1. The van der Waals surface area contributed by atoms with E-state index in [4.69, 9.17) is 10.8 Å². The van der Waals surface area contributed by atoms with Crippen molar-refractivity contribution in [1.29, 1.82) is 0 Å². The van der Waals surface area contributed by atoms with Crippen LogP contribution in [0, 0.1) is 0 Å². The molecule has 2 atom stereocenters. The Bertz CT molecular complexity index is 924. The van der Waals surface area contributed by atoms with Crippen molar-refractivity contribution in [2.45, 2.75) is 32.4 Å². The van der Waals surface area contributed by atoms with E-state index in [9.17, 15) is 9.59 Å². The summed E-state index contributed by atoms with van der Waals surface area (Å²) in [6.45, 7) is 3.30. The van der Waals surface area contributed by atoms with E-state index in [1.54, 1.807) is 0 Å². The number of hydrogen-bond acceptors (Lipinski definition) is 3. The summed E-state index contributed by atoms with van der Waals surface area (Å²) in [6.07, 6.45) is 0.268. The second-order valence-corrected chi connectivity index (χ2v) is 7.06. The molecule has 0 aromatic heterocycles. The van der Waals surface area contributed by atoms with Crippen molar-refractivity contribution >= 4 is 11.9 Å². The summed E-state index contributed by atoms with van der Waals surface area (Å²) in [7, 11) is 0. The zero-order chi connectivity index (χ0) is 21.9. The number of nitrogens with two attached hydrogens (primary N) is 1. The lowest BCUT2D eigenvalue weighted by atomic mass is 10.0. The highest BCUT2D eigenvalue weighted by Gasteiger charge is 2.18. The van der Waals surface area contributed by atoms with Gasteiger partial charge in [-0.2, -0.15) is 0 Å². The first-order chi connectivity index (χ1) is 14.4. The molecule has 0 radical (unpaired) electrons. The molecule has 0 saturated carbocycles. The lowest BCUT2D eigenvalue weighted by Crippen LogP contribution is -2.41. The Labute approximate surface area is 177 Å². The summed E-state index contributed by atoms with van der Waals surface area (Å²) in [5, 5.41) is 11.5. The van der Waals surface area contributed by atoms with Gasteiger partial charge in [0.1, 0.15) is 6.04 Å². The zero-order valence-electron chi connectivity index (χ0n) is 17.3. The van der Waals surface area contributed by atoms with Crippen molar-refractivity contribution in [3.63, 3.8) is 0 Å². The smallest absolute Gasteiger partial charge is 0.326 e. The molecule has 0 unspecified atom stereocenters. The number of carboxylic acids is 1. The first-order valence-electron chi connectivity index (χ1n) is 9.81. The fourth-order valence-electron chi connectivity index (χ4n) is 2.90. The van der Waals surface area contributed by atoms with E-state index < -0.39 is 12.0 Å². The predicted octanol–water partition coefficient (Wildman–Crippen LogP) is 4.19. The van der Waals surface area contributed by atoms with Gasteiger partial charge in [-0.3, -0.25) is 4.79 Å². The van der Waals surface area contributed by atoms with E-state index >= 15 is 0 Å². The third kappa shape index (κ3) is 7.53. The number of carbonyl (C=O) groups excluding carboxylic acids is 1. The summed E-state index contributed by atoms with van der Waals surface area (Å²) in [5.41, 5.74) is 9.86. The van der Waals surface area contributed by atoms with Gasteiger partial charge in [-0.15, -0.1) is 0 Å². The molecule has 5 nitrogen and oxygen atoms in total. The minimum absolute atomic E-state index is 0.159. The molecule has 1 amide bonds. The fourth-order valence-corrected chi connectivity index (χ4v) is 2.90. The van der Waals surface area contributed by atoms with Crippen LogP contribution in [-0.2, 0) is 16.0 Å². The molecular weight excluding hydrogens is 376 g/mol. The van der Waals surface area contributed by atoms with Gasteiger partial charge in [0.2, 0.25) is 5.91 Å². The molecule has 0 spiro atoms. The molecule has 3 rings (SSSR count). The van der Waals surface area contributed by atoms with Crippen molar-refractivity contribution in [2.24, 2.45) is 5.73 Å². The van der Waals surface area contributed by atoms with Gasteiger partial charge in [0, 0.05) is 19.4 Å². The highest BCUT2D eigenvalue weighted by Crippen LogP contribution is 2.19. The minimum atomic E-state index is -1.03. The molecule has 30 heavy (non-hydrogen) atoms. The normalized spacial score (nSPS) is 12.1. The predicted molar refractivity (Wildman–Crippen MR) is 120 cm³/mol. The van der Waals surface area contributed by atoms with Crippen LogP contribution in [0.3, 0.4) is 0 Å². The Morgan fingerprint density at radius 1 is 0.867 bits per heavy atom. The first-order valence-corrected chi connectivity index (χ1v) is 9.81. The molecule has 0 fully saturated rings. The van der Waals surface area contributed by atoms with Crippen LogP contribution in [-0.4, -0.2) is 23.0 Å². The molecule has 156 valence electrons. The Kier molecular flexibility index (Phi) is 8.78. The molecule has 5 heteroatoms. The summed E-state index contributed by atoms with van der Waals surface area (Å²) < 4.78 is 0. The average Bonchev–Trinajstić information content (AvgIpc) is 2.75. The van der Waals surface area contributed by atoms with Crippen LogP contribution in [0.1, 0.15) is 31.0 Å². The van der Waals surface area contributed by atoms with E-state index in [2.05, 4.69) is 5.32 Å². The first kappa shape index (κ1) is 22.8. The quantitative estimate of drug-likeness (QED) is 0.574. The summed E-state index contributed by atoms with van der Waals surface area (Å²) >= 11 is 0. The number of carbonyl (C=O) groups is 2. The van der Waals surface area contributed by atoms with Crippen molar-refractivity contribution in [1.82, 2.24) is 5.32 Å². The van der Waals surface area contributed by atoms with Gasteiger partial charge in [-0.25, -0.2) is 4.79 Å². The summed E-state index contributed by atoms with van der Waals surface area (Å²) in [5.74, 6) is -1.37. The zero-order valence-corrected chi connectivity index (χ0v) is 17.3. The molecule has 3 aromatic carbocycles. The number of rotatable bonds is 6. The Hall–Kier alpha value is -3.44. The molecule has 0 bridgehead atoms. The Balaban J connectivity index is 0.000000297. The van der Waals surface area contributed by atoms with Crippen LogP contribution < -0.4 is 11.1 Å². The number of benzene rings is 3. The van der Waals surface area contributed by atoms with Gasteiger partial charge >= 0.3 is 5.97 Å². The van der Waals surface area contributed by atoms with Gasteiger partial charge in [-0.05, 0) is 29.2 Å². The van der Waals surface area contributed by atoms with Gasteiger partial charge in [0.15, 0.2) is 0 Å². The maximum atomic E-state index is 11.1. The second kappa shape index (κ2) is 11.5. The van der Waals surface area contributed by atoms with E-state index in [1.165, 1.54) is 12.5 Å². The highest BCUT2D eigenvalue weighted by atomic mass is 16.4. The third-order valence-corrected chi connectivity index (χ3v) is 4.50. The maximum Gasteiger partial charge on any atom is 0.326 e. The van der Waals surface area contributed by atoms with Crippen LogP contribution in [0.15, 0.2) is 84.9 Å². The van der Waals surface area contributed by atoms with Crippen LogP contribution >= 0.6 is 0 Å². The molecule has 0 heterocycles. The van der Waals surface area contributed by atoms with Gasteiger partial charge in [-0.1, -0.05) is 84.9 Å². The average molecular weight is 405 g/mol. The van der Waals surface area contributed by atoms with Crippen molar-refractivity contribution in [3.8, 4) is 11.1 Å². The molecule has 0 aliphatic carbocycles. The van der Waals surface area contributed by atoms with Crippen LogP contribution in [0.4, 0.5) is 0 Å². The van der Waals surface area contributed by atoms with E-state index in [1.807, 2.05) is 91.9 Å². The summed E-state index contributed by atoms with van der Waals surface area (Å²) in [6, 6.07) is 27.0. The van der Waals surface area contributed by atoms with E-state index in [-0.39, 0.29) is 18.4 Å². The Morgan fingerprint density at radius 2 is 1.37 bits per heavy atom. The lowest BCUT2D eigenvalue weighted by Gasteiger charge is -2.13. The highest BCUT2D eigenvalue weighted by molar-refractivity contribution is 5.82. The fraction of sp³-hybridized carbons (Fsp3) is 0.200. The van der Waals surface area contributed by atoms with E-state index in [0.29, 0.717) is 0 Å². The molecule has 0 aliphatic rings. The Morgan fingerprint density at radius 3 is 1.80 bits per heavy atom. The molecule has 0 saturated heterocycles. The molecule has 0 aliphatic heterocycles. The molecule has 3 aromatic rings. The monoisotopic (exact) mass is 404 g/mol. The number of hydrogen-bond donors (Lipinski definition) is 3. The number of aliphatic carboxylic acids is 1. The second-order valence-electron chi connectivity index (χ2n) is 7.06. The summed E-state index contributed by atoms with van der Waals surface area (Å²) in [4.78, 5) is 22.1. The maximum absolute atomic E-state index is 11.1. The molecule has 4 N–H and O–H groups in total. The van der Waals surface area contributed by atoms with Crippen molar-refractivity contribution in [2.75, 3.05) is 0 Å².